The summed E-state index contributed by atoms with van der Waals surface area (Å²) in [7, 11) is -3.52. The SMILES string of the molecule is CC(C)S(=O)(=O)c1cccc(C(=O)N(CC2CCCO2)c2nc3ccc(F)cc3s2)c1. The normalized spacial score (nSPS) is 16.8. The summed E-state index contributed by atoms with van der Waals surface area (Å²) >= 11 is 1.22. The van der Waals surface area contributed by atoms with E-state index in [9.17, 15) is 17.6 Å². The molecule has 1 aliphatic rings. The zero-order valence-corrected chi connectivity index (χ0v) is 18.9. The standard InChI is InChI=1S/C22H23FN2O4S2/c1-14(2)31(27,28)18-7-3-5-15(11-18)21(26)25(13-17-6-4-10-29-17)22-24-19-9-8-16(23)12-20(19)30-22/h3,5,7-9,11-12,14,17H,4,6,10,13H2,1-2H3. The molecule has 1 unspecified atom stereocenters. The van der Waals surface area contributed by atoms with Crippen LogP contribution in [0.1, 0.15) is 37.0 Å². The number of ether oxygens (including phenoxy) is 1. The predicted molar refractivity (Wildman–Crippen MR) is 119 cm³/mol. The largest absolute Gasteiger partial charge is 0.376 e. The molecule has 0 N–H and O–H groups in total. The fraction of sp³-hybridized carbons (Fsp3) is 0.364. The van der Waals surface area contributed by atoms with Crippen molar-refractivity contribution >= 4 is 42.4 Å². The Hall–Kier alpha value is -2.36. The lowest BCUT2D eigenvalue weighted by Crippen LogP contribution is -2.37. The molecular formula is C22H23FN2O4S2. The maximum Gasteiger partial charge on any atom is 0.260 e. The Morgan fingerprint density at radius 3 is 2.81 bits per heavy atom. The van der Waals surface area contributed by atoms with E-state index in [1.807, 2.05) is 0 Å². The molecule has 1 saturated heterocycles. The fourth-order valence-corrected chi connectivity index (χ4v) is 5.58. The van der Waals surface area contributed by atoms with Crippen LogP contribution in [0.15, 0.2) is 47.4 Å². The first-order valence-electron chi connectivity index (χ1n) is 10.1. The van der Waals surface area contributed by atoms with E-state index in [0.717, 1.165) is 12.8 Å². The number of anilines is 1. The Morgan fingerprint density at radius 2 is 2.10 bits per heavy atom. The van der Waals surface area contributed by atoms with Gasteiger partial charge in [0, 0.05) is 12.2 Å². The van der Waals surface area contributed by atoms with Gasteiger partial charge in [-0.25, -0.2) is 17.8 Å². The molecule has 1 aromatic heterocycles. The first-order chi connectivity index (χ1) is 14.8. The van der Waals surface area contributed by atoms with Gasteiger partial charge in [0.15, 0.2) is 15.0 Å². The molecule has 1 atom stereocenters. The van der Waals surface area contributed by atoms with Gasteiger partial charge in [-0.2, -0.15) is 0 Å². The molecule has 0 saturated carbocycles. The van der Waals surface area contributed by atoms with Crippen LogP contribution in [0.2, 0.25) is 0 Å². The van der Waals surface area contributed by atoms with Crippen LogP contribution in [0.5, 0.6) is 0 Å². The quantitative estimate of drug-likeness (QED) is 0.541. The summed E-state index contributed by atoms with van der Waals surface area (Å²) in [6.45, 7) is 4.14. The van der Waals surface area contributed by atoms with Crippen LogP contribution in [-0.4, -0.2) is 43.8 Å². The molecule has 9 heteroatoms. The van der Waals surface area contributed by atoms with Gasteiger partial charge in [-0.1, -0.05) is 17.4 Å². The lowest BCUT2D eigenvalue weighted by atomic mass is 10.2. The first-order valence-corrected chi connectivity index (χ1v) is 12.5. The van der Waals surface area contributed by atoms with Crippen LogP contribution in [-0.2, 0) is 14.6 Å². The maximum absolute atomic E-state index is 13.6. The van der Waals surface area contributed by atoms with E-state index in [1.165, 1.54) is 40.5 Å². The molecule has 1 amide bonds. The van der Waals surface area contributed by atoms with Crippen molar-refractivity contribution in [1.29, 1.82) is 0 Å². The third-order valence-corrected chi connectivity index (χ3v) is 8.45. The lowest BCUT2D eigenvalue weighted by molar-refractivity contribution is 0.0917. The molecule has 0 aliphatic carbocycles. The van der Waals surface area contributed by atoms with Crippen LogP contribution in [0.4, 0.5) is 9.52 Å². The molecule has 0 spiro atoms. The summed E-state index contributed by atoms with van der Waals surface area (Å²) < 4.78 is 45.2. The Bertz CT molecular complexity index is 1220. The van der Waals surface area contributed by atoms with Gasteiger partial charge in [0.1, 0.15) is 5.82 Å². The monoisotopic (exact) mass is 462 g/mol. The number of rotatable bonds is 6. The minimum Gasteiger partial charge on any atom is -0.376 e. The number of nitrogens with zero attached hydrogens (tertiary/aromatic N) is 2. The maximum atomic E-state index is 13.6. The summed E-state index contributed by atoms with van der Waals surface area (Å²) in [5, 5.41) is -0.168. The fourth-order valence-electron chi connectivity index (χ4n) is 3.48. The molecule has 2 aromatic carbocycles. The Morgan fingerprint density at radius 1 is 1.29 bits per heavy atom. The summed E-state index contributed by atoms with van der Waals surface area (Å²) in [6, 6.07) is 10.4. The molecule has 31 heavy (non-hydrogen) atoms. The molecule has 1 aliphatic heterocycles. The number of benzene rings is 2. The Balaban J connectivity index is 1.73. The van der Waals surface area contributed by atoms with Crippen LogP contribution < -0.4 is 4.90 Å². The smallest absolute Gasteiger partial charge is 0.260 e. The third-order valence-electron chi connectivity index (χ3n) is 5.26. The molecule has 3 aromatic rings. The zero-order valence-electron chi connectivity index (χ0n) is 17.2. The van der Waals surface area contributed by atoms with E-state index in [4.69, 9.17) is 4.74 Å². The van der Waals surface area contributed by atoms with Crippen molar-refractivity contribution in [2.75, 3.05) is 18.1 Å². The number of thiazole rings is 1. The van der Waals surface area contributed by atoms with Crippen LogP contribution >= 0.6 is 11.3 Å². The van der Waals surface area contributed by atoms with Gasteiger partial charge >= 0.3 is 0 Å². The molecule has 1 fully saturated rings. The number of carbonyl (C=O) groups is 1. The van der Waals surface area contributed by atoms with E-state index >= 15 is 0 Å². The van der Waals surface area contributed by atoms with Crippen LogP contribution in [0.3, 0.4) is 0 Å². The van der Waals surface area contributed by atoms with Crippen molar-refractivity contribution in [3.05, 3.63) is 53.8 Å². The Kier molecular flexibility index (Phi) is 6.09. The van der Waals surface area contributed by atoms with Gasteiger partial charge in [0.25, 0.3) is 5.91 Å². The summed E-state index contributed by atoms with van der Waals surface area (Å²) in [5.74, 6) is -0.734. The number of amides is 1. The van der Waals surface area contributed by atoms with Crippen molar-refractivity contribution in [2.45, 2.75) is 42.9 Å². The molecule has 0 radical (unpaired) electrons. The number of sulfone groups is 1. The molecule has 2 heterocycles. The van der Waals surface area contributed by atoms with Gasteiger partial charge in [-0.15, -0.1) is 0 Å². The number of aromatic nitrogens is 1. The number of carbonyl (C=O) groups excluding carboxylic acids is 1. The van der Waals surface area contributed by atoms with Crippen LogP contribution in [0.25, 0.3) is 10.2 Å². The average molecular weight is 463 g/mol. The van der Waals surface area contributed by atoms with E-state index in [-0.39, 0.29) is 28.3 Å². The highest BCUT2D eigenvalue weighted by Crippen LogP contribution is 2.31. The molecule has 0 bridgehead atoms. The van der Waals surface area contributed by atoms with Gasteiger partial charge < -0.3 is 4.74 Å². The highest BCUT2D eigenvalue weighted by molar-refractivity contribution is 7.92. The van der Waals surface area contributed by atoms with Crippen molar-refractivity contribution in [1.82, 2.24) is 4.98 Å². The van der Waals surface area contributed by atoms with Crippen molar-refractivity contribution < 1.29 is 22.3 Å². The molecule has 6 nitrogen and oxygen atoms in total. The second-order valence-corrected chi connectivity index (χ2v) is 11.3. The van der Waals surface area contributed by atoms with Crippen molar-refractivity contribution in [3.63, 3.8) is 0 Å². The minimum atomic E-state index is -3.52. The average Bonchev–Trinajstić information content (AvgIpc) is 3.40. The highest BCUT2D eigenvalue weighted by atomic mass is 32.2. The third kappa shape index (κ3) is 4.49. The van der Waals surface area contributed by atoms with E-state index in [2.05, 4.69) is 4.98 Å². The van der Waals surface area contributed by atoms with Gasteiger partial charge in [-0.05, 0) is 63.1 Å². The van der Waals surface area contributed by atoms with Crippen molar-refractivity contribution in [2.24, 2.45) is 0 Å². The van der Waals surface area contributed by atoms with Gasteiger partial charge in [0.05, 0.1) is 33.0 Å². The number of fused-ring (bicyclic) bond motifs is 1. The van der Waals surface area contributed by atoms with Crippen LogP contribution in [0, 0.1) is 5.82 Å². The van der Waals surface area contributed by atoms with E-state index in [1.54, 1.807) is 32.0 Å². The minimum absolute atomic E-state index is 0.108. The van der Waals surface area contributed by atoms with E-state index in [0.29, 0.717) is 28.5 Å². The second kappa shape index (κ2) is 8.64. The Labute approximate surface area is 184 Å². The molecule has 4 rings (SSSR count). The highest BCUT2D eigenvalue weighted by Gasteiger charge is 2.28. The zero-order chi connectivity index (χ0) is 22.2. The predicted octanol–water partition coefficient (Wildman–Crippen LogP) is 4.44. The van der Waals surface area contributed by atoms with Crippen molar-refractivity contribution in [3.8, 4) is 0 Å². The van der Waals surface area contributed by atoms with Gasteiger partial charge in [-0.3, -0.25) is 9.69 Å². The second-order valence-electron chi connectivity index (χ2n) is 7.78. The summed E-state index contributed by atoms with van der Waals surface area (Å²) in [5.41, 5.74) is 0.854. The number of halogens is 1. The molecule has 164 valence electrons. The first kappa shape index (κ1) is 21.9. The lowest BCUT2D eigenvalue weighted by Gasteiger charge is -2.23. The van der Waals surface area contributed by atoms with E-state index < -0.39 is 15.1 Å². The van der Waals surface area contributed by atoms with Gasteiger partial charge in [0.2, 0.25) is 0 Å². The number of hydrogen-bond acceptors (Lipinski definition) is 6. The summed E-state index contributed by atoms with van der Waals surface area (Å²) in [6.07, 6.45) is 1.61. The summed E-state index contributed by atoms with van der Waals surface area (Å²) in [4.78, 5) is 19.6. The number of hydrogen-bond donors (Lipinski definition) is 0. The molecular weight excluding hydrogens is 439 g/mol. The topological polar surface area (TPSA) is 76.6 Å².